The van der Waals surface area contributed by atoms with Gasteiger partial charge in [-0.05, 0) is 12.5 Å². The summed E-state index contributed by atoms with van der Waals surface area (Å²) < 4.78 is 24.0. The first-order valence-electron chi connectivity index (χ1n) is 5.51. The Morgan fingerprint density at radius 2 is 2.11 bits per heavy atom. The van der Waals surface area contributed by atoms with Crippen LogP contribution in [0.5, 0.6) is 0 Å². The van der Waals surface area contributed by atoms with Crippen LogP contribution in [0.25, 0.3) is 0 Å². The van der Waals surface area contributed by atoms with E-state index >= 15 is 0 Å². The van der Waals surface area contributed by atoms with Gasteiger partial charge >= 0.3 is 5.69 Å². The van der Waals surface area contributed by atoms with Crippen molar-refractivity contribution in [3.63, 3.8) is 0 Å². The first kappa shape index (κ1) is 14.4. The summed E-state index contributed by atoms with van der Waals surface area (Å²) in [5.41, 5.74) is 4.73. The number of aromatic nitrogens is 1. The summed E-state index contributed by atoms with van der Waals surface area (Å²) in [6.45, 7) is 1.94. The predicted octanol–water partition coefficient (Wildman–Crippen LogP) is 1.54. The summed E-state index contributed by atoms with van der Waals surface area (Å²) in [6.07, 6.45) is 3.26. The van der Waals surface area contributed by atoms with Gasteiger partial charge in [-0.15, -0.1) is 0 Å². The number of nitro groups is 1. The molecule has 1 aromatic heterocycles. The molecule has 0 aliphatic rings. The average Bonchev–Trinajstić information content (AvgIpc) is 2.28. The van der Waals surface area contributed by atoms with E-state index in [9.17, 15) is 18.5 Å². The van der Waals surface area contributed by atoms with E-state index in [1.807, 2.05) is 6.92 Å². The highest BCUT2D eigenvalue weighted by molar-refractivity contribution is 7.91. The number of anilines is 1. The van der Waals surface area contributed by atoms with Gasteiger partial charge in [-0.25, -0.2) is 13.4 Å². The van der Waals surface area contributed by atoms with Crippen LogP contribution < -0.4 is 5.73 Å². The van der Waals surface area contributed by atoms with Crippen LogP contribution in [0, 0.1) is 10.1 Å². The zero-order valence-electron chi connectivity index (χ0n) is 10.00. The van der Waals surface area contributed by atoms with Crippen LogP contribution in [0.15, 0.2) is 17.2 Å². The van der Waals surface area contributed by atoms with Crippen molar-refractivity contribution in [2.45, 2.75) is 31.1 Å². The number of rotatable bonds is 6. The third kappa shape index (κ3) is 3.16. The van der Waals surface area contributed by atoms with Crippen molar-refractivity contribution in [2.75, 3.05) is 11.5 Å². The maximum absolute atomic E-state index is 12.0. The van der Waals surface area contributed by atoms with Crippen molar-refractivity contribution >= 4 is 21.3 Å². The first-order chi connectivity index (χ1) is 8.40. The minimum Gasteiger partial charge on any atom is -0.378 e. The van der Waals surface area contributed by atoms with Crippen LogP contribution >= 0.6 is 0 Å². The molecule has 0 unspecified atom stereocenters. The lowest BCUT2D eigenvalue weighted by Gasteiger charge is -2.05. The second-order valence-corrected chi connectivity index (χ2v) is 5.90. The minimum absolute atomic E-state index is 0.120. The molecule has 0 amide bonds. The molecule has 0 aromatic carbocycles. The zero-order valence-corrected chi connectivity index (χ0v) is 10.8. The highest BCUT2D eigenvalue weighted by atomic mass is 32.2. The number of nitrogen functional groups attached to an aromatic ring is 1. The van der Waals surface area contributed by atoms with Crippen LogP contribution in [-0.2, 0) is 9.84 Å². The Bertz CT molecular complexity index is 542. The van der Waals surface area contributed by atoms with Crippen molar-refractivity contribution in [3.05, 3.63) is 22.4 Å². The molecule has 0 spiro atoms. The van der Waals surface area contributed by atoms with Gasteiger partial charge in [0.2, 0.25) is 5.82 Å². The van der Waals surface area contributed by atoms with Gasteiger partial charge in [0.1, 0.15) is 4.90 Å². The summed E-state index contributed by atoms with van der Waals surface area (Å²) in [5.74, 6) is -0.498. The number of nitrogens with two attached hydrogens (primary N) is 1. The molecule has 1 rings (SSSR count). The van der Waals surface area contributed by atoms with Gasteiger partial charge in [-0.2, -0.15) is 0 Å². The summed E-state index contributed by atoms with van der Waals surface area (Å²) >= 11 is 0. The van der Waals surface area contributed by atoms with E-state index in [0.717, 1.165) is 25.1 Å². The molecule has 0 radical (unpaired) electrons. The Balaban J connectivity index is 3.16. The monoisotopic (exact) mass is 273 g/mol. The SMILES string of the molecule is CCCCCS(=O)(=O)c1ccnc(N)c1[N+](=O)[O-]. The third-order valence-electron chi connectivity index (χ3n) is 2.45. The lowest BCUT2D eigenvalue weighted by atomic mass is 10.3. The lowest BCUT2D eigenvalue weighted by Crippen LogP contribution is -2.11. The highest BCUT2D eigenvalue weighted by Crippen LogP contribution is 2.29. The van der Waals surface area contributed by atoms with E-state index in [0.29, 0.717) is 6.42 Å². The van der Waals surface area contributed by atoms with Crippen molar-refractivity contribution < 1.29 is 13.3 Å². The van der Waals surface area contributed by atoms with Gasteiger partial charge < -0.3 is 5.73 Å². The second kappa shape index (κ2) is 5.76. The van der Waals surface area contributed by atoms with Gasteiger partial charge in [0, 0.05) is 6.20 Å². The summed E-state index contributed by atoms with van der Waals surface area (Å²) in [6, 6.07) is 1.12. The van der Waals surface area contributed by atoms with Crippen LogP contribution in [-0.4, -0.2) is 24.1 Å². The number of unbranched alkanes of at least 4 members (excludes halogenated alkanes) is 2. The molecule has 1 aromatic rings. The molecule has 8 heteroatoms. The summed E-state index contributed by atoms with van der Waals surface area (Å²) in [5, 5.41) is 10.8. The van der Waals surface area contributed by atoms with Gasteiger partial charge in [-0.3, -0.25) is 10.1 Å². The molecular weight excluding hydrogens is 258 g/mol. The molecule has 7 nitrogen and oxygen atoms in total. The summed E-state index contributed by atoms with van der Waals surface area (Å²) in [7, 11) is -3.69. The Morgan fingerprint density at radius 3 is 2.67 bits per heavy atom. The van der Waals surface area contributed by atoms with Crippen LogP contribution in [0.1, 0.15) is 26.2 Å². The first-order valence-corrected chi connectivity index (χ1v) is 7.17. The molecule has 100 valence electrons. The Kier molecular flexibility index (Phi) is 4.60. The maximum Gasteiger partial charge on any atom is 0.329 e. The van der Waals surface area contributed by atoms with Crippen molar-refractivity contribution in [2.24, 2.45) is 0 Å². The van der Waals surface area contributed by atoms with E-state index in [1.165, 1.54) is 0 Å². The largest absolute Gasteiger partial charge is 0.378 e. The van der Waals surface area contributed by atoms with Crippen molar-refractivity contribution in [1.29, 1.82) is 0 Å². The smallest absolute Gasteiger partial charge is 0.329 e. The minimum atomic E-state index is -3.69. The third-order valence-corrected chi connectivity index (χ3v) is 4.28. The van der Waals surface area contributed by atoms with E-state index in [2.05, 4.69) is 4.98 Å². The fourth-order valence-electron chi connectivity index (χ4n) is 1.54. The van der Waals surface area contributed by atoms with Crippen LogP contribution in [0.2, 0.25) is 0 Å². The molecule has 0 fully saturated rings. The van der Waals surface area contributed by atoms with Gasteiger partial charge in [0.05, 0.1) is 10.7 Å². The molecule has 0 aliphatic heterocycles. The average molecular weight is 273 g/mol. The molecule has 0 saturated heterocycles. The molecule has 0 saturated carbocycles. The highest BCUT2D eigenvalue weighted by Gasteiger charge is 2.28. The van der Waals surface area contributed by atoms with Gasteiger partial charge in [0.25, 0.3) is 0 Å². The van der Waals surface area contributed by atoms with Crippen molar-refractivity contribution in [1.82, 2.24) is 4.98 Å². The lowest BCUT2D eigenvalue weighted by molar-refractivity contribution is -0.387. The number of hydrogen-bond acceptors (Lipinski definition) is 6. The molecular formula is C10H15N3O4S. The fourth-order valence-corrected chi connectivity index (χ4v) is 3.08. The molecule has 0 bridgehead atoms. The Morgan fingerprint density at radius 1 is 1.44 bits per heavy atom. The Labute approximate surface area is 105 Å². The second-order valence-electron chi connectivity index (χ2n) is 3.83. The van der Waals surface area contributed by atoms with E-state index < -0.39 is 20.4 Å². The number of sulfone groups is 1. The van der Waals surface area contributed by atoms with E-state index in [4.69, 9.17) is 5.73 Å². The molecule has 0 atom stereocenters. The normalized spacial score (nSPS) is 11.4. The fraction of sp³-hybridized carbons (Fsp3) is 0.500. The van der Waals surface area contributed by atoms with Crippen LogP contribution in [0.3, 0.4) is 0 Å². The molecule has 2 N–H and O–H groups in total. The van der Waals surface area contributed by atoms with Crippen LogP contribution in [0.4, 0.5) is 11.5 Å². The number of hydrogen-bond donors (Lipinski definition) is 1. The van der Waals surface area contributed by atoms with Gasteiger partial charge in [0.15, 0.2) is 9.84 Å². The predicted molar refractivity (Wildman–Crippen MR) is 66.9 cm³/mol. The summed E-state index contributed by atoms with van der Waals surface area (Å²) in [4.78, 5) is 13.2. The topological polar surface area (TPSA) is 116 Å². The molecule has 1 heterocycles. The molecule has 18 heavy (non-hydrogen) atoms. The quantitative estimate of drug-likeness (QED) is 0.477. The molecule has 0 aliphatic carbocycles. The zero-order chi connectivity index (χ0) is 13.8. The standard InChI is InChI=1S/C10H15N3O4S/c1-2-3-4-7-18(16,17)8-5-6-12-10(11)9(8)13(14)15/h5-6H,2-4,7H2,1H3,(H2,11,12). The van der Waals surface area contributed by atoms with E-state index in [1.54, 1.807) is 0 Å². The number of nitrogens with zero attached hydrogens (tertiary/aromatic N) is 2. The maximum atomic E-state index is 12.0. The van der Waals surface area contributed by atoms with Crippen molar-refractivity contribution in [3.8, 4) is 0 Å². The van der Waals surface area contributed by atoms with E-state index in [-0.39, 0.29) is 16.5 Å². The Hall–Kier alpha value is -1.70. The van der Waals surface area contributed by atoms with Gasteiger partial charge in [-0.1, -0.05) is 19.8 Å². The number of pyridine rings is 1.